The molecule has 0 aliphatic rings. The maximum atomic E-state index is 11.9. The third-order valence-corrected chi connectivity index (χ3v) is 4.77. The Morgan fingerprint density at radius 3 is 2.96 bits per heavy atom. The lowest BCUT2D eigenvalue weighted by atomic mass is 10.2. The monoisotopic (exact) mass is 345 g/mol. The van der Waals surface area contributed by atoms with Crippen molar-refractivity contribution in [2.45, 2.75) is 13.3 Å². The van der Waals surface area contributed by atoms with Crippen molar-refractivity contribution in [3.05, 3.63) is 57.2 Å². The van der Waals surface area contributed by atoms with Crippen LogP contribution in [0.4, 0.5) is 5.13 Å². The number of hydrogen-bond donors (Lipinski definition) is 1. The molecule has 23 heavy (non-hydrogen) atoms. The summed E-state index contributed by atoms with van der Waals surface area (Å²) in [5.74, 6) is 0.694. The fourth-order valence-electron chi connectivity index (χ4n) is 1.93. The van der Waals surface area contributed by atoms with E-state index in [0.29, 0.717) is 23.0 Å². The molecule has 0 saturated heterocycles. The second-order valence-corrected chi connectivity index (χ2v) is 6.86. The first-order chi connectivity index (χ1) is 11.2. The number of anilines is 1. The van der Waals surface area contributed by atoms with Gasteiger partial charge in [0.15, 0.2) is 0 Å². The van der Waals surface area contributed by atoms with E-state index in [1.807, 2.05) is 42.6 Å². The minimum atomic E-state index is -0.154. The Morgan fingerprint density at radius 1 is 1.26 bits per heavy atom. The van der Waals surface area contributed by atoms with Crippen LogP contribution in [-0.4, -0.2) is 22.7 Å². The Labute approximate surface area is 142 Å². The molecule has 0 aliphatic heterocycles. The van der Waals surface area contributed by atoms with E-state index < -0.39 is 0 Å². The summed E-state index contributed by atoms with van der Waals surface area (Å²) in [4.78, 5) is 12.6. The van der Waals surface area contributed by atoms with Crippen molar-refractivity contribution in [1.82, 2.24) is 10.2 Å². The van der Waals surface area contributed by atoms with Crippen molar-refractivity contribution in [1.29, 1.82) is 0 Å². The molecule has 2 heterocycles. The topological polar surface area (TPSA) is 64.1 Å². The third-order valence-electron chi connectivity index (χ3n) is 3.01. The fraction of sp³-hybridized carbons (Fsp3) is 0.188. The highest BCUT2D eigenvalue weighted by molar-refractivity contribution is 7.15. The molecule has 2 aromatic heterocycles. The maximum absolute atomic E-state index is 11.9. The lowest BCUT2D eigenvalue weighted by molar-refractivity contribution is 0.103. The zero-order chi connectivity index (χ0) is 16.1. The molecule has 1 N–H and O–H groups in total. The van der Waals surface area contributed by atoms with Crippen molar-refractivity contribution < 1.29 is 9.53 Å². The minimum absolute atomic E-state index is 0.154. The van der Waals surface area contributed by atoms with Crippen LogP contribution in [0.3, 0.4) is 0 Å². The van der Waals surface area contributed by atoms with Gasteiger partial charge in [-0.15, -0.1) is 21.5 Å². The Morgan fingerprint density at radius 2 is 2.17 bits per heavy atom. The minimum Gasteiger partial charge on any atom is -0.493 e. The van der Waals surface area contributed by atoms with Gasteiger partial charge in [0.2, 0.25) is 5.13 Å². The second-order valence-electron chi connectivity index (χ2n) is 4.85. The van der Waals surface area contributed by atoms with Crippen LogP contribution < -0.4 is 10.1 Å². The van der Waals surface area contributed by atoms with Crippen molar-refractivity contribution in [2.24, 2.45) is 0 Å². The molecule has 5 nitrogen and oxygen atoms in total. The zero-order valence-electron chi connectivity index (χ0n) is 12.5. The average molecular weight is 345 g/mol. The number of thiophene rings is 1. The van der Waals surface area contributed by atoms with E-state index in [2.05, 4.69) is 15.5 Å². The Balaban J connectivity index is 1.50. The van der Waals surface area contributed by atoms with Crippen LogP contribution in [-0.2, 0) is 6.42 Å². The van der Waals surface area contributed by atoms with Crippen molar-refractivity contribution >= 4 is 33.7 Å². The van der Waals surface area contributed by atoms with Crippen LogP contribution in [0, 0.1) is 6.92 Å². The van der Waals surface area contributed by atoms with E-state index in [1.165, 1.54) is 22.7 Å². The second kappa shape index (κ2) is 7.34. The van der Waals surface area contributed by atoms with Gasteiger partial charge in [0, 0.05) is 6.42 Å². The van der Waals surface area contributed by atoms with E-state index >= 15 is 0 Å². The molecule has 0 bridgehead atoms. The van der Waals surface area contributed by atoms with Gasteiger partial charge in [-0.2, -0.15) is 0 Å². The van der Waals surface area contributed by atoms with Crippen LogP contribution in [0.2, 0.25) is 0 Å². The number of aryl methyl sites for hydroxylation is 1. The van der Waals surface area contributed by atoms with Gasteiger partial charge in [-0.05, 0) is 36.1 Å². The predicted octanol–water partition coefficient (Wildman–Crippen LogP) is 3.78. The molecule has 0 radical (unpaired) electrons. The molecule has 0 saturated carbocycles. The van der Waals surface area contributed by atoms with Gasteiger partial charge in [-0.3, -0.25) is 10.1 Å². The van der Waals surface area contributed by atoms with Gasteiger partial charge in [-0.1, -0.05) is 29.5 Å². The van der Waals surface area contributed by atoms with Crippen molar-refractivity contribution in [3.8, 4) is 5.75 Å². The van der Waals surface area contributed by atoms with Crippen LogP contribution in [0.5, 0.6) is 5.75 Å². The number of aromatic nitrogens is 2. The molecule has 1 amide bonds. The molecule has 0 fully saturated rings. The number of nitrogens with zero attached hydrogens (tertiary/aromatic N) is 2. The van der Waals surface area contributed by atoms with Gasteiger partial charge < -0.3 is 4.74 Å². The predicted molar refractivity (Wildman–Crippen MR) is 92.6 cm³/mol. The number of ether oxygens (including phenoxy) is 1. The Kier molecular flexibility index (Phi) is 4.99. The summed E-state index contributed by atoms with van der Waals surface area (Å²) in [6.45, 7) is 2.55. The quantitative estimate of drug-likeness (QED) is 0.738. The first-order valence-electron chi connectivity index (χ1n) is 7.07. The lowest BCUT2D eigenvalue weighted by Gasteiger charge is -2.04. The molecule has 118 valence electrons. The molecule has 0 atom stereocenters. The summed E-state index contributed by atoms with van der Waals surface area (Å²) in [6, 6.07) is 11.5. The SMILES string of the molecule is Cc1cccc(OCCc2nnc(NC(=O)c3cccs3)s2)c1. The zero-order valence-corrected chi connectivity index (χ0v) is 14.1. The number of amides is 1. The number of nitrogens with one attached hydrogen (secondary N) is 1. The van der Waals surface area contributed by atoms with Crippen LogP contribution in [0.15, 0.2) is 41.8 Å². The van der Waals surface area contributed by atoms with Crippen LogP contribution in [0.1, 0.15) is 20.2 Å². The van der Waals surface area contributed by atoms with Crippen LogP contribution in [0.25, 0.3) is 0 Å². The number of carbonyl (C=O) groups excluding carboxylic acids is 1. The van der Waals surface area contributed by atoms with Crippen molar-refractivity contribution in [2.75, 3.05) is 11.9 Å². The van der Waals surface area contributed by atoms with E-state index in [0.717, 1.165) is 16.3 Å². The van der Waals surface area contributed by atoms with E-state index in [4.69, 9.17) is 4.74 Å². The van der Waals surface area contributed by atoms with Crippen molar-refractivity contribution in [3.63, 3.8) is 0 Å². The highest BCUT2D eigenvalue weighted by Gasteiger charge is 2.11. The molecule has 0 spiro atoms. The molecule has 7 heteroatoms. The lowest BCUT2D eigenvalue weighted by Crippen LogP contribution is -2.09. The average Bonchev–Trinajstić information content (AvgIpc) is 3.19. The normalized spacial score (nSPS) is 10.5. The molecule has 1 aromatic carbocycles. The van der Waals surface area contributed by atoms with E-state index in [1.54, 1.807) is 6.07 Å². The first kappa shape index (κ1) is 15.6. The Hall–Kier alpha value is -2.25. The van der Waals surface area contributed by atoms with Gasteiger partial charge >= 0.3 is 0 Å². The summed E-state index contributed by atoms with van der Waals surface area (Å²) >= 11 is 2.76. The smallest absolute Gasteiger partial charge is 0.267 e. The summed E-state index contributed by atoms with van der Waals surface area (Å²) in [6.07, 6.45) is 0.653. The molecule has 0 unspecified atom stereocenters. The highest BCUT2D eigenvalue weighted by Crippen LogP contribution is 2.19. The number of carbonyl (C=O) groups is 1. The fourth-order valence-corrected chi connectivity index (χ4v) is 3.27. The summed E-state index contributed by atoms with van der Waals surface area (Å²) in [7, 11) is 0. The number of benzene rings is 1. The summed E-state index contributed by atoms with van der Waals surface area (Å²) in [5, 5.41) is 14.0. The highest BCUT2D eigenvalue weighted by atomic mass is 32.1. The number of hydrogen-bond acceptors (Lipinski definition) is 6. The van der Waals surface area contributed by atoms with Gasteiger partial charge in [0.25, 0.3) is 5.91 Å². The van der Waals surface area contributed by atoms with E-state index in [9.17, 15) is 4.79 Å². The number of rotatable bonds is 6. The van der Waals surface area contributed by atoms with Gasteiger partial charge in [-0.25, -0.2) is 0 Å². The third kappa shape index (κ3) is 4.37. The summed E-state index contributed by atoms with van der Waals surface area (Å²) < 4.78 is 5.69. The molecular formula is C16H15N3O2S2. The largest absolute Gasteiger partial charge is 0.493 e. The van der Waals surface area contributed by atoms with E-state index in [-0.39, 0.29) is 5.91 Å². The molecular weight excluding hydrogens is 330 g/mol. The van der Waals surface area contributed by atoms with Gasteiger partial charge in [0.05, 0.1) is 11.5 Å². The molecule has 3 rings (SSSR count). The first-order valence-corrected chi connectivity index (χ1v) is 8.77. The van der Waals surface area contributed by atoms with Gasteiger partial charge in [0.1, 0.15) is 10.8 Å². The Bertz CT molecular complexity index is 784. The molecule has 3 aromatic rings. The summed E-state index contributed by atoms with van der Waals surface area (Å²) in [5.41, 5.74) is 1.16. The molecule has 0 aliphatic carbocycles. The van der Waals surface area contributed by atoms with Crippen LogP contribution >= 0.6 is 22.7 Å². The maximum Gasteiger partial charge on any atom is 0.267 e. The standard InChI is InChI=1S/C16H15N3O2S2/c1-11-4-2-5-12(10-11)21-8-7-14-18-19-16(23-14)17-15(20)13-6-3-9-22-13/h2-6,9-10H,7-8H2,1H3,(H,17,19,20).